The van der Waals surface area contributed by atoms with Crippen molar-refractivity contribution in [2.45, 2.75) is 0 Å². The molecule has 2 N–H and O–H groups in total. The molecule has 18 heavy (non-hydrogen) atoms. The average molecular weight is 258 g/mol. The Hall–Kier alpha value is -1.98. The minimum atomic E-state index is -0.475. The highest BCUT2D eigenvalue weighted by Crippen LogP contribution is 2.23. The summed E-state index contributed by atoms with van der Waals surface area (Å²) in [6.07, 6.45) is 0. The number of ketones is 1. The predicted molar refractivity (Wildman–Crippen MR) is 70.8 cm³/mol. The maximum atomic E-state index is 11.4. The van der Waals surface area contributed by atoms with Crippen LogP contribution in [0.1, 0.15) is 10.4 Å². The smallest absolute Gasteiger partial charge is 0.188 e. The van der Waals surface area contributed by atoms with Gasteiger partial charge in [-0.2, -0.15) is 11.3 Å². The maximum Gasteiger partial charge on any atom is 0.188 e. The van der Waals surface area contributed by atoms with Gasteiger partial charge < -0.3 is 10.1 Å². The summed E-state index contributed by atoms with van der Waals surface area (Å²) in [5.41, 5.74) is 3.14. The largest absolute Gasteiger partial charge is 0.388 e. The summed E-state index contributed by atoms with van der Waals surface area (Å²) in [6, 6.07) is 7.17. The number of hydrogen-bond acceptors (Lipinski definition) is 4. The number of Topliss-reactive ketones (excluding diaryl/α,β-unsaturated/α-hetero) is 1. The number of nitrogens with one attached hydrogen (secondary N) is 1. The molecule has 0 radical (unpaired) electrons. The molecule has 5 heteroatoms. The van der Waals surface area contributed by atoms with Crippen LogP contribution in [0.25, 0.3) is 22.4 Å². The number of carbonyl (C=O) groups excluding carboxylic acids is 1. The molecule has 0 saturated heterocycles. The number of fused-ring (bicyclic) bond motifs is 1. The van der Waals surface area contributed by atoms with Gasteiger partial charge in [-0.1, -0.05) is 0 Å². The third kappa shape index (κ3) is 1.83. The summed E-state index contributed by atoms with van der Waals surface area (Å²) >= 11 is 1.61. The highest BCUT2D eigenvalue weighted by atomic mass is 32.1. The second-order valence-electron chi connectivity index (χ2n) is 3.91. The fourth-order valence-electron chi connectivity index (χ4n) is 1.81. The van der Waals surface area contributed by atoms with Gasteiger partial charge in [0.2, 0.25) is 0 Å². The maximum absolute atomic E-state index is 11.4. The molecule has 0 saturated carbocycles. The molecule has 90 valence electrons. The molecule has 4 nitrogen and oxygen atoms in total. The van der Waals surface area contributed by atoms with Crippen LogP contribution in [0.3, 0.4) is 0 Å². The molecular weight excluding hydrogens is 248 g/mol. The highest BCUT2D eigenvalue weighted by molar-refractivity contribution is 7.08. The topological polar surface area (TPSA) is 66.0 Å². The minimum absolute atomic E-state index is 0.288. The lowest BCUT2D eigenvalue weighted by Gasteiger charge is -1.96. The molecule has 0 amide bonds. The van der Waals surface area contributed by atoms with Gasteiger partial charge in [0.1, 0.15) is 12.4 Å². The van der Waals surface area contributed by atoms with E-state index in [1.807, 2.05) is 16.8 Å². The van der Waals surface area contributed by atoms with Crippen molar-refractivity contribution in [2.75, 3.05) is 6.61 Å². The lowest BCUT2D eigenvalue weighted by atomic mass is 10.1. The van der Waals surface area contributed by atoms with E-state index in [1.54, 1.807) is 29.5 Å². The van der Waals surface area contributed by atoms with Crippen LogP contribution in [0.4, 0.5) is 0 Å². The first-order valence-corrected chi connectivity index (χ1v) is 6.38. The zero-order valence-corrected chi connectivity index (χ0v) is 10.2. The standard InChI is InChI=1S/C13H10N2O2S/c16-6-12(17)8-1-2-10-11(5-8)15-13(14-10)9-3-4-18-7-9/h1-5,7,16H,6H2,(H,14,15). The zero-order chi connectivity index (χ0) is 12.5. The van der Waals surface area contributed by atoms with Gasteiger partial charge in [-0.3, -0.25) is 4.79 Å². The van der Waals surface area contributed by atoms with Crippen LogP contribution in [-0.4, -0.2) is 27.5 Å². The number of rotatable bonds is 3. The molecule has 0 aliphatic rings. The Labute approximate surface area is 107 Å². The van der Waals surface area contributed by atoms with E-state index in [9.17, 15) is 4.79 Å². The normalized spacial score (nSPS) is 10.9. The second kappa shape index (κ2) is 4.36. The van der Waals surface area contributed by atoms with Crippen molar-refractivity contribution in [3.63, 3.8) is 0 Å². The number of H-pyrrole nitrogens is 1. The van der Waals surface area contributed by atoms with E-state index in [1.165, 1.54) is 0 Å². The Morgan fingerprint density at radius 1 is 1.39 bits per heavy atom. The van der Waals surface area contributed by atoms with Crippen molar-refractivity contribution in [1.82, 2.24) is 9.97 Å². The monoisotopic (exact) mass is 258 g/mol. The van der Waals surface area contributed by atoms with Gasteiger partial charge in [0.25, 0.3) is 0 Å². The number of hydrogen-bond donors (Lipinski definition) is 2. The van der Waals surface area contributed by atoms with Gasteiger partial charge in [-0.25, -0.2) is 4.98 Å². The van der Waals surface area contributed by atoms with Gasteiger partial charge in [0, 0.05) is 16.5 Å². The lowest BCUT2D eigenvalue weighted by Crippen LogP contribution is -2.03. The summed E-state index contributed by atoms with van der Waals surface area (Å²) < 4.78 is 0. The number of aliphatic hydroxyl groups is 1. The van der Waals surface area contributed by atoms with Gasteiger partial charge in [0.05, 0.1) is 11.0 Å². The molecule has 2 aromatic heterocycles. The van der Waals surface area contributed by atoms with Gasteiger partial charge in [0.15, 0.2) is 5.78 Å². The Morgan fingerprint density at radius 3 is 3.00 bits per heavy atom. The molecular formula is C13H10N2O2S. The van der Waals surface area contributed by atoms with Crippen LogP contribution < -0.4 is 0 Å². The molecule has 3 aromatic rings. The first-order chi connectivity index (χ1) is 8.78. The number of benzene rings is 1. The second-order valence-corrected chi connectivity index (χ2v) is 4.69. The van der Waals surface area contributed by atoms with Crippen molar-refractivity contribution >= 4 is 28.2 Å². The molecule has 0 spiro atoms. The van der Waals surface area contributed by atoms with E-state index >= 15 is 0 Å². The number of aromatic nitrogens is 2. The summed E-state index contributed by atoms with van der Waals surface area (Å²) in [7, 11) is 0. The third-order valence-corrected chi connectivity index (χ3v) is 3.43. The number of aromatic amines is 1. The van der Waals surface area contributed by atoms with Gasteiger partial charge in [-0.15, -0.1) is 0 Å². The average Bonchev–Trinajstić information content (AvgIpc) is 3.04. The molecule has 0 aliphatic heterocycles. The number of nitrogens with zero attached hydrogens (tertiary/aromatic N) is 1. The summed E-state index contributed by atoms with van der Waals surface area (Å²) in [4.78, 5) is 19.0. The van der Waals surface area contributed by atoms with Crippen molar-refractivity contribution in [3.8, 4) is 11.4 Å². The van der Waals surface area contributed by atoms with Crippen LogP contribution in [0.15, 0.2) is 35.0 Å². The first kappa shape index (κ1) is 11.1. The zero-order valence-electron chi connectivity index (χ0n) is 9.38. The summed E-state index contributed by atoms with van der Waals surface area (Å²) in [5.74, 6) is 0.503. The number of imidazole rings is 1. The van der Waals surface area contributed by atoms with Crippen LogP contribution in [-0.2, 0) is 0 Å². The minimum Gasteiger partial charge on any atom is -0.388 e. The predicted octanol–water partition coefficient (Wildman–Crippen LogP) is 2.47. The molecule has 0 bridgehead atoms. The summed E-state index contributed by atoms with van der Waals surface area (Å²) in [6.45, 7) is -0.475. The van der Waals surface area contributed by atoms with Gasteiger partial charge in [-0.05, 0) is 29.6 Å². The molecule has 0 unspecified atom stereocenters. The van der Waals surface area contributed by atoms with E-state index in [0.29, 0.717) is 5.56 Å². The van der Waals surface area contributed by atoms with E-state index in [0.717, 1.165) is 22.4 Å². The van der Waals surface area contributed by atoms with Crippen molar-refractivity contribution in [2.24, 2.45) is 0 Å². The Balaban J connectivity index is 2.10. The Kier molecular flexibility index (Phi) is 2.70. The molecule has 0 atom stereocenters. The van der Waals surface area contributed by atoms with Crippen LogP contribution in [0.2, 0.25) is 0 Å². The molecule has 2 heterocycles. The highest BCUT2D eigenvalue weighted by Gasteiger charge is 2.09. The van der Waals surface area contributed by atoms with Crippen LogP contribution in [0.5, 0.6) is 0 Å². The molecule has 0 fully saturated rings. The van der Waals surface area contributed by atoms with Crippen molar-refractivity contribution in [3.05, 3.63) is 40.6 Å². The number of carbonyl (C=O) groups is 1. The summed E-state index contributed by atoms with van der Waals surface area (Å²) in [5, 5.41) is 12.8. The molecule has 1 aromatic carbocycles. The van der Waals surface area contributed by atoms with Crippen LogP contribution in [0, 0.1) is 0 Å². The van der Waals surface area contributed by atoms with E-state index < -0.39 is 6.61 Å². The first-order valence-electron chi connectivity index (χ1n) is 5.44. The Morgan fingerprint density at radius 2 is 2.28 bits per heavy atom. The van der Waals surface area contributed by atoms with Crippen LogP contribution >= 0.6 is 11.3 Å². The quantitative estimate of drug-likeness (QED) is 0.709. The SMILES string of the molecule is O=C(CO)c1ccc2nc(-c3ccsc3)[nH]c2c1. The lowest BCUT2D eigenvalue weighted by molar-refractivity contribution is 0.0904. The van der Waals surface area contributed by atoms with E-state index in [-0.39, 0.29) is 5.78 Å². The van der Waals surface area contributed by atoms with Gasteiger partial charge >= 0.3 is 0 Å². The fraction of sp³-hybridized carbons (Fsp3) is 0.0769. The number of thiophene rings is 1. The molecule has 3 rings (SSSR count). The molecule has 0 aliphatic carbocycles. The number of aliphatic hydroxyl groups excluding tert-OH is 1. The Bertz CT molecular complexity index is 701. The van der Waals surface area contributed by atoms with E-state index in [4.69, 9.17) is 5.11 Å². The van der Waals surface area contributed by atoms with Crippen molar-refractivity contribution in [1.29, 1.82) is 0 Å². The fourth-order valence-corrected chi connectivity index (χ4v) is 2.45. The third-order valence-electron chi connectivity index (χ3n) is 2.74. The van der Waals surface area contributed by atoms with Crippen molar-refractivity contribution < 1.29 is 9.90 Å². The van der Waals surface area contributed by atoms with E-state index in [2.05, 4.69) is 9.97 Å².